The number of ether oxygens (including phenoxy) is 2. The number of aromatic nitrogens is 4. The van der Waals surface area contributed by atoms with Gasteiger partial charge in [0.2, 0.25) is 5.95 Å². The maximum Gasteiger partial charge on any atom is 0.258 e. The van der Waals surface area contributed by atoms with Gasteiger partial charge >= 0.3 is 0 Å². The van der Waals surface area contributed by atoms with Crippen LogP contribution >= 0.6 is 11.6 Å². The topological polar surface area (TPSA) is 110 Å². The molecule has 0 atom stereocenters. The van der Waals surface area contributed by atoms with E-state index in [-0.39, 0.29) is 6.04 Å². The van der Waals surface area contributed by atoms with E-state index in [4.69, 9.17) is 21.1 Å². The first-order valence-electron chi connectivity index (χ1n) is 8.53. The third-order valence-corrected chi connectivity index (χ3v) is 4.72. The van der Waals surface area contributed by atoms with Crippen LogP contribution in [0.2, 0.25) is 5.15 Å². The number of fused-ring (bicyclic) bond motifs is 3. The molecule has 10 heteroatoms. The Morgan fingerprint density at radius 3 is 2.96 bits per heavy atom. The molecule has 2 aromatic rings. The highest BCUT2D eigenvalue weighted by Gasteiger charge is 2.26. The average Bonchev–Trinajstić information content (AvgIpc) is 2.96. The minimum atomic E-state index is 0.168. The molecule has 2 aliphatic rings. The van der Waals surface area contributed by atoms with Crippen molar-refractivity contribution in [3.63, 3.8) is 0 Å². The molecule has 0 radical (unpaired) electrons. The predicted octanol–water partition coefficient (Wildman–Crippen LogP) is 2.49. The summed E-state index contributed by atoms with van der Waals surface area (Å²) in [5, 5.41) is 20.4. The van der Waals surface area contributed by atoms with E-state index >= 15 is 0 Å². The molecule has 1 saturated heterocycles. The van der Waals surface area contributed by atoms with Gasteiger partial charge < -0.3 is 20.1 Å². The summed E-state index contributed by atoms with van der Waals surface area (Å²) >= 11 is 6.60. The second kappa shape index (κ2) is 7.35. The molecular weight excluding hydrogens is 358 g/mol. The van der Waals surface area contributed by atoms with Crippen molar-refractivity contribution in [3.05, 3.63) is 16.9 Å². The lowest BCUT2D eigenvalue weighted by atomic mass is 10.1. The molecule has 0 saturated carbocycles. The van der Waals surface area contributed by atoms with Crippen molar-refractivity contribution in [1.29, 1.82) is 5.26 Å². The summed E-state index contributed by atoms with van der Waals surface area (Å²) in [4.78, 5) is 8.57. The Kier molecular flexibility index (Phi) is 4.77. The zero-order valence-corrected chi connectivity index (χ0v) is 14.8. The second-order valence-electron chi connectivity index (χ2n) is 6.08. The summed E-state index contributed by atoms with van der Waals surface area (Å²) in [6, 6.07) is 2.25. The van der Waals surface area contributed by atoms with Crippen LogP contribution in [0.5, 0.6) is 5.88 Å². The van der Waals surface area contributed by atoms with E-state index in [1.54, 1.807) is 4.68 Å². The third-order valence-electron chi connectivity index (χ3n) is 4.35. The Balaban J connectivity index is 1.71. The average molecular weight is 376 g/mol. The zero-order chi connectivity index (χ0) is 17.9. The Morgan fingerprint density at radius 1 is 1.31 bits per heavy atom. The third kappa shape index (κ3) is 3.25. The SMILES string of the molecule is N#Cc1cnc2nc1NCCCOc1nn(C3CCOCC3)c(Cl)c1N2. The zero-order valence-electron chi connectivity index (χ0n) is 14.0. The monoisotopic (exact) mass is 375 g/mol. The molecule has 2 aromatic heterocycles. The molecule has 0 amide bonds. The Morgan fingerprint density at radius 2 is 2.15 bits per heavy atom. The van der Waals surface area contributed by atoms with Crippen molar-refractivity contribution in [2.45, 2.75) is 25.3 Å². The van der Waals surface area contributed by atoms with Gasteiger partial charge in [-0.25, -0.2) is 9.67 Å². The number of halogens is 1. The van der Waals surface area contributed by atoms with E-state index in [1.807, 2.05) is 0 Å². The Hall–Kier alpha value is -2.57. The number of anilines is 3. The minimum Gasteiger partial charge on any atom is -0.475 e. The van der Waals surface area contributed by atoms with Gasteiger partial charge in [0.05, 0.1) is 18.8 Å². The highest BCUT2D eigenvalue weighted by atomic mass is 35.5. The molecule has 2 aliphatic heterocycles. The number of nitriles is 1. The number of rotatable bonds is 1. The van der Waals surface area contributed by atoms with E-state index in [0.29, 0.717) is 60.4 Å². The molecule has 0 aliphatic carbocycles. The van der Waals surface area contributed by atoms with Crippen LogP contribution in [0.25, 0.3) is 0 Å². The summed E-state index contributed by atoms with van der Waals surface area (Å²) < 4.78 is 13.0. The van der Waals surface area contributed by atoms with Gasteiger partial charge in [0.1, 0.15) is 23.1 Å². The second-order valence-corrected chi connectivity index (χ2v) is 6.44. The number of nitrogens with zero attached hydrogens (tertiary/aromatic N) is 5. The lowest BCUT2D eigenvalue weighted by molar-refractivity contribution is 0.0659. The molecule has 0 unspecified atom stereocenters. The van der Waals surface area contributed by atoms with E-state index < -0.39 is 0 Å². The van der Waals surface area contributed by atoms with E-state index in [1.165, 1.54) is 6.20 Å². The van der Waals surface area contributed by atoms with E-state index in [2.05, 4.69) is 31.8 Å². The fraction of sp³-hybridized carbons (Fsp3) is 0.500. The fourth-order valence-corrected chi connectivity index (χ4v) is 3.29. The molecule has 4 rings (SSSR count). The molecule has 26 heavy (non-hydrogen) atoms. The van der Waals surface area contributed by atoms with E-state index in [0.717, 1.165) is 19.3 Å². The normalized spacial score (nSPS) is 17.7. The molecule has 4 heterocycles. The van der Waals surface area contributed by atoms with Crippen LogP contribution in [-0.4, -0.2) is 46.1 Å². The number of hydrogen-bond donors (Lipinski definition) is 2. The van der Waals surface area contributed by atoms with Crippen molar-refractivity contribution < 1.29 is 9.47 Å². The Bertz CT molecular complexity index is 842. The first kappa shape index (κ1) is 16.9. The highest BCUT2D eigenvalue weighted by molar-refractivity contribution is 6.32. The maximum absolute atomic E-state index is 9.20. The van der Waals surface area contributed by atoms with Gasteiger partial charge in [-0.05, 0) is 19.3 Å². The van der Waals surface area contributed by atoms with Crippen LogP contribution in [0.3, 0.4) is 0 Å². The van der Waals surface area contributed by atoms with Crippen LogP contribution in [0.4, 0.5) is 17.5 Å². The molecule has 0 spiro atoms. The summed E-state index contributed by atoms with van der Waals surface area (Å²) in [5.74, 6) is 1.24. The summed E-state index contributed by atoms with van der Waals surface area (Å²) in [7, 11) is 0. The van der Waals surface area contributed by atoms with Gasteiger partial charge in [-0.3, -0.25) is 0 Å². The van der Waals surface area contributed by atoms with Crippen LogP contribution in [0.15, 0.2) is 6.20 Å². The first-order chi connectivity index (χ1) is 12.8. The van der Waals surface area contributed by atoms with Gasteiger partial charge in [-0.2, -0.15) is 10.2 Å². The van der Waals surface area contributed by atoms with Crippen LogP contribution in [0, 0.1) is 11.3 Å². The van der Waals surface area contributed by atoms with Crippen LogP contribution < -0.4 is 15.4 Å². The van der Waals surface area contributed by atoms with Crippen LogP contribution in [-0.2, 0) is 4.74 Å². The molecule has 9 nitrogen and oxygen atoms in total. The lowest BCUT2D eigenvalue weighted by Crippen LogP contribution is -2.20. The molecule has 2 N–H and O–H groups in total. The van der Waals surface area contributed by atoms with Gasteiger partial charge in [0.25, 0.3) is 5.88 Å². The quantitative estimate of drug-likeness (QED) is 0.782. The molecule has 2 bridgehead atoms. The standard InChI is InChI=1S/C16H18ClN7O2/c17-13-12-15(23-24(13)11-2-6-25-7-3-11)26-5-1-4-19-14-10(8-18)9-20-16(21-12)22-14/h9,11H,1-7H2,(H2,19,20,21,22). The van der Waals surface area contributed by atoms with Gasteiger partial charge in [-0.15, -0.1) is 5.10 Å². The maximum atomic E-state index is 9.20. The summed E-state index contributed by atoms with van der Waals surface area (Å²) in [6.07, 6.45) is 3.90. The van der Waals surface area contributed by atoms with Crippen LogP contribution in [0.1, 0.15) is 30.9 Å². The van der Waals surface area contributed by atoms with Gasteiger partial charge in [0.15, 0.2) is 5.15 Å². The molecule has 0 aromatic carbocycles. The van der Waals surface area contributed by atoms with Gasteiger partial charge in [0, 0.05) is 19.8 Å². The smallest absolute Gasteiger partial charge is 0.258 e. The largest absolute Gasteiger partial charge is 0.475 e. The summed E-state index contributed by atoms with van der Waals surface area (Å²) in [5.41, 5.74) is 0.927. The van der Waals surface area contributed by atoms with Crippen molar-refractivity contribution in [2.24, 2.45) is 0 Å². The first-order valence-corrected chi connectivity index (χ1v) is 8.90. The van der Waals surface area contributed by atoms with Gasteiger partial charge in [-0.1, -0.05) is 11.6 Å². The van der Waals surface area contributed by atoms with Crippen molar-refractivity contribution >= 4 is 29.1 Å². The van der Waals surface area contributed by atoms with Crippen molar-refractivity contribution in [3.8, 4) is 11.9 Å². The molecule has 1 fully saturated rings. The van der Waals surface area contributed by atoms with Crippen molar-refractivity contribution in [1.82, 2.24) is 19.7 Å². The van der Waals surface area contributed by atoms with E-state index in [9.17, 15) is 5.26 Å². The number of hydrogen-bond acceptors (Lipinski definition) is 8. The molecular formula is C16H18ClN7O2. The Labute approximate surface area is 155 Å². The minimum absolute atomic E-state index is 0.168. The lowest BCUT2D eigenvalue weighted by Gasteiger charge is -2.22. The van der Waals surface area contributed by atoms with Crippen molar-refractivity contribution in [2.75, 3.05) is 37.0 Å². The highest BCUT2D eigenvalue weighted by Crippen LogP contribution is 2.38. The molecule has 136 valence electrons. The fourth-order valence-electron chi connectivity index (χ4n) is 2.99. The predicted molar refractivity (Wildman–Crippen MR) is 95.0 cm³/mol. The number of nitrogens with one attached hydrogen (secondary N) is 2. The summed E-state index contributed by atoms with van der Waals surface area (Å²) in [6.45, 7) is 2.46.